The summed E-state index contributed by atoms with van der Waals surface area (Å²) in [5.41, 5.74) is 1.08. The van der Waals surface area contributed by atoms with Gasteiger partial charge in [0.2, 0.25) is 5.91 Å². The van der Waals surface area contributed by atoms with Crippen molar-refractivity contribution in [1.29, 1.82) is 0 Å². The maximum Gasteiger partial charge on any atom is 0.330 e. The molecule has 4 nitrogen and oxygen atoms in total. The van der Waals surface area contributed by atoms with Gasteiger partial charge in [0.05, 0.1) is 12.6 Å². The summed E-state index contributed by atoms with van der Waals surface area (Å²) >= 11 is 0. The van der Waals surface area contributed by atoms with Crippen LogP contribution in [0.2, 0.25) is 0 Å². The van der Waals surface area contributed by atoms with Gasteiger partial charge in [-0.05, 0) is 39.3 Å². The fourth-order valence-electron chi connectivity index (χ4n) is 2.56. The number of carbonyl (C=O) groups excluding carboxylic acids is 2. The van der Waals surface area contributed by atoms with Gasteiger partial charge in [-0.15, -0.1) is 0 Å². The second-order valence-electron chi connectivity index (χ2n) is 5.64. The normalized spacial score (nSPS) is 13.8. The highest BCUT2D eigenvalue weighted by atomic mass is 16.5. The molecule has 0 heterocycles. The Kier molecular flexibility index (Phi) is 8.55. The Balaban J connectivity index is 2.81. The van der Waals surface area contributed by atoms with Crippen molar-refractivity contribution in [3.63, 3.8) is 0 Å². The van der Waals surface area contributed by atoms with E-state index in [-0.39, 0.29) is 30.6 Å². The van der Waals surface area contributed by atoms with Crippen LogP contribution in [0.1, 0.15) is 45.7 Å². The Morgan fingerprint density at radius 2 is 1.71 bits per heavy atom. The van der Waals surface area contributed by atoms with Crippen molar-refractivity contribution in [3.05, 3.63) is 60.2 Å². The summed E-state index contributed by atoms with van der Waals surface area (Å²) in [4.78, 5) is 25.7. The van der Waals surface area contributed by atoms with Crippen LogP contribution in [0.25, 0.3) is 0 Å². The van der Waals surface area contributed by atoms with Crippen LogP contribution < -0.4 is 0 Å². The first-order chi connectivity index (χ1) is 11.5. The van der Waals surface area contributed by atoms with Crippen molar-refractivity contribution < 1.29 is 14.3 Å². The van der Waals surface area contributed by atoms with E-state index < -0.39 is 0 Å². The molecule has 0 aliphatic rings. The van der Waals surface area contributed by atoms with Crippen LogP contribution >= 0.6 is 0 Å². The molecule has 0 fully saturated rings. The second-order valence-corrected chi connectivity index (χ2v) is 5.64. The van der Waals surface area contributed by atoms with Crippen molar-refractivity contribution >= 4 is 11.9 Å². The van der Waals surface area contributed by atoms with Gasteiger partial charge in [-0.3, -0.25) is 4.79 Å². The number of benzene rings is 1. The largest absolute Gasteiger partial charge is 0.462 e. The van der Waals surface area contributed by atoms with E-state index >= 15 is 0 Å². The van der Waals surface area contributed by atoms with E-state index in [2.05, 4.69) is 0 Å². The van der Waals surface area contributed by atoms with Gasteiger partial charge in [-0.25, -0.2) is 4.79 Å². The standard InChI is InChI=1S/C20H27NO3/c1-5-10-19(22)21(17(4)18-12-8-7-9-13-18)16(3)14-15-24-20(23)11-6-2/h5-13,16-17H,14-15H2,1-4H3/b10-5+,11-6+/t16-,17+/m1/s1. The van der Waals surface area contributed by atoms with Crippen molar-refractivity contribution in [3.8, 4) is 0 Å². The number of hydrogen-bond donors (Lipinski definition) is 0. The first-order valence-corrected chi connectivity index (χ1v) is 8.30. The molecule has 0 bridgehead atoms. The molecule has 0 aliphatic heterocycles. The number of nitrogens with zero attached hydrogens (tertiary/aromatic N) is 1. The Morgan fingerprint density at radius 1 is 1.08 bits per heavy atom. The molecule has 0 saturated heterocycles. The Morgan fingerprint density at radius 3 is 2.29 bits per heavy atom. The highest BCUT2D eigenvalue weighted by molar-refractivity contribution is 5.88. The van der Waals surface area contributed by atoms with Crippen molar-refractivity contribution in [2.24, 2.45) is 0 Å². The quantitative estimate of drug-likeness (QED) is 0.534. The van der Waals surface area contributed by atoms with Crippen LogP contribution in [0.5, 0.6) is 0 Å². The van der Waals surface area contributed by atoms with Gasteiger partial charge in [-0.1, -0.05) is 42.5 Å². The number of rotatable bonds is 8. The molecule has 1 rings (SSSR count). The van der Waals surface area contributed by atoms with Crippen LogP contribution in [0, 0.1) is 0 Å². The zero-order valence-corrected chi connectivity index (χ0v) is 14.9. The van der Waals surface area contributed by atoms with Crippen molar-refractivity contribution in [1.82, 2.24) is 4.90 Å². The number of ether oxygens (including phenoxy) is 1. The molecule has 0 spiro atoms. The highest BCUT2D eigenvalue weighted by Crippen LogP contribution is 2.24. The summed E-state index contributed by atoms with van der Waals surface area (Å²) in [7, 11) is 0. The molecule has 0 N–H and O–H groups in total. The monoisotopic (exact) mass is 329 g/mol. The van der Waals surface area contributed by atoms with Crippen LogP contribution in [0.4, 0.5) is 0 Å². The van der Waals surface area contributed by atoms with E-state index in [1.54, 1.807) is 25.2 Å². The summed E-state index contributed by atoms with van der Waals surface area (Å²) < 4.78 is 5.15. The summed E-state index contributed by atoms with van der Waals surface area (Å²) in [6, 6.07) is 9.80. The smallest absolute Gasteiger partial charge is 0.330 e. The first-order valence-electron chi connectivity index (χ1n) is 8.30. The predicted molar refractivity (Wildman–Crippen MR) is 96.4 cm³/mol. The molecule has 0 aliphatic carbocycles. The molecule has 1 amide bonds. The SMILES string of the molecule is C/C=C/C(=O)OCC[C@@H](C)N(C(=O)/C=C/C)[C@@H](C)c1ccccc1. The Labute approximate surface area is 144 Å². The lowest BCUT2D eigenvalue weighted by atomic mass is 10.0. The van der Waals surface area contributed by atoms with Crippen LogP contribution in [0.3, 0.4) is 0 Å². The summed E-state index contributed by atoms with van der Waals surface area (Å²) in [5, 5.41) is 0. The van der Waals surface area contributed by atoms with Gasteiger partial charge >= 0.3 is 5.97 Å². The van der Waals surface area contributed by atoms with Gasteiger partial charge in [0.25, 0.3) is 0 Å². The van der Waals surface area contributed by atoms with Crippen molar-refractivity contribution in [2.45, 2.75) is 46.2 Å². The van der Waals surface area contributed by atoms with E-state index in [0.717, 1.165) is 5.56 Å². The molecule has 1 aromatic rings. The molecule has 2 atom stereocenters. The topological polar surface area (TPSA) is 46.6 Å². The van der Waals surface area contributed by atoms with Gasteiger partial charge in [0.1, 0.15) is 0 Å². The van der Waals surface area contributed by atoms with Gasteiger partial charge < -0.3 is 9.64 Å². The van der Waals surface area contributed by atoms with E-state index in [4.69, 9.17) is 4.74 Å². The van der Waals surface area contributed by atoms with Crippen LogP contribution in [0.15, 0.2) is 54.6 Å². The highest BCUT2D eigenvalue weighted by Gasteiger charge is 2.25. The zero-order valence-electron chi connectivity index (χ0n) is 14.9. The molecule has 0 unspecified atom stereocenters. The molecule has 24 heavy (non-hydrogen) atoms. The molecule has 0 saturated carbocycles. The van der Waals surface area contributed by atoms with E-state index in [1.807, 2.05) is 56.0 Å². The van der Waals surface area contributed by atoms with Crippen molar-refractivity contribution in [2.75, 3.05) is 6.61 Å². The van der Waals surface area contributed by atoms with Gasteiger partial charge in [0.15, 0.2) is 0 Å². The molecular weight excluding hydrogens is 302 g/mol. The third kappa shape index (κ3) is 6.03. The summed E-state index contributed by atoms with van der Waals surface area (Å²) in [6.07, 6.45) is 6.93. The minimum Gasteiger partial charge on any atom is -0.462 e. The molecule has 4 heteroatoms. The average Bonchev–Trinajstić information content (AvgIpc) is 2.56. The lowest BCUT2D eigenvalue weighted by Gasteiger charge is -2.34. The maximum atomic E-state index is 12.5. The first kappa shape index (κ1) is 19.7. The fourth-order valence-corrected chi connectivity index (χ4v) is 2.56. The van der Waals surface area contributed by atoms with Crippen LogP contribution in [-0.4, -0.2) is 29.4 Å². The maximum absolute atomic E-state index is 12.5. The van der Waals surface area contributed by atoms with E-state index in [0.29, 0.717) is 6.42 Å². The molecule has 0 aromatic heterocycles. The zero-order chi connectivity index (χ0) is 17.9. The molecule has 1 aromatic carbocycles. The minimum atomic E-state index is -0.355. The lowest BCUT2D eigenvalue weighted by molar-refractivity contribution is -0.138. The average molecular weight is 329 g/mol. The molecule has 0 radical (unpaired) electrons. The predicted octanol–water partition coefficient (Wildman–Crippen LogP) is 4.05. The number of amides is 1. The fraction of sp³-hybridized carbons (Fsp3) is 0.400. The summed E-state index contributed by atoms with van der Waals surface area (Å²) in [5.74, 6) is -0.395. The number of carbonyl (C=O) groups is 2. The van der Waals surface area contributed by atoms with Gasteiger partial charge in [-0.2, -0.15) is 0 Å². The second kappa shape index (κ2) is 10.4. The Hall–Kier alpha value is -2.36. The minimum absolute atomic E-state index is 0.0406. The Bertz CT molecular complexity index is 578. The lowest BCUT2D eigenvalue weighted by Crippen LogP contribution is -2.40. The van der Waals surface area contributed by atoms with E-state index in [9.17, 15) is 9.59 Å². The molecule has 130 valence electrons. The van der Waals surface area contributed by atoms with E-state index in [1.165, 1.54) is 6.08 Å². The number of allylic oxidation sites excluding steroid dienone is 2. The van der Waals surface area contributed by atoms with Crippen LogP contribution in [-0.2, 0) is 14.3 Å². The summed E-state index contributed by atoms with van der Waals surface area (Å²) in [6.45, 7) is 7.87. The molecular formula is C20H27NO3. The number of esters is 1. The van der Waals surface area contributed by atoms with Gasteiger partial charge in [0, 0.05) is 18.5 Å². The third-order valence-corrected chi connectivity index (χ3v) is 3.82. The third-order valence-electron chi connectivity index (χ3n) is 3.82. The number of hydrogen-bond acceptors (Lipinski definition) is 3.